The lowest BCUT2D eigenvalue weighted by molar-refractivity contribution is -0.376. The van der Waals surface area contributed by atoms with Gasteiger partial charge in [0.25, 0.3) is 5.60 Å². The molecule has 3 aromatic carbocycles. The van der Waals surface area contributed by atoms with Crippen molar-refractivity contribution >= 4 is 0 Å². The molecule has 0 bridgehead atoms. The number of halogens is 6. The van der Waals surface area contributed by atoms with Crippen molar-refractivity contribution in [2.45, 2.75) is 56.5 Å². The minimum Gasteiger partial charge on any atom is -0.508 e. The quantitative estimate of drug-likeness (QED) is 0.321. The van der Waals surface area contributed by atoms with Crippen LogP contribution in [-0.2, 0) is 16.4 Å². The molecule has 0 unspecified atom stereocenters. The highest BCUT2D eigenvalue weighted by Gasteiger charge is 2.72. The molecule has 0 fully saturated rings. The maximum Gasteiger partial charge on any atom is 0.430 e. The van der Waals surface area contributed by atoms with Crippen molar-refractivity contribution in [3.05, 3.63) is 94.5 Å². The van der Waals surface area contributed by atoms with E-state index in [-0.39, 0.29) is 11.3 Å². The van der Waals surface area contributed by atoms with Crippen molar-refractivity contribution in [2.75, 3.05) is 0 Å². The summed E-state index contributed by atoms with van der Waals surface area (Å²) in [6, 6.07) is 16.2. The highest BCUT2D eigenvalue weighted by atomic mass is 19.4. The molecule has 0 saturated carbocycles. The molecule has 3 nitrogen and oxygen atoms in total. The van der Waals surface area contributed by atoms with Crippen molar-refractivity contribution in [3.8, 4) is 11.5 Å². The summed E-state index contributed by atoms with van der Waals surface area (Å²) < 4.78 is 80.9. The van der Waals surface area contributed by atoms with Gasteiger partial charge in [-0.05, 0) is 46.5 Å². The van der Waals surface area contributed by atoms with Crippen LogP contribution in [0.25, 0.3) is 0 Å². The molecule has 0 saturated heterocycles. The third kappa shape index (κ3) is 4.52. The van der Waals surface area contributed by atoms with Gasteiger partial charge in [0.15, 0.2) is 0 Å². The fraction of sp³-hybridized carbons (Fsp3) is 0.333. The van der Waals surface area contributed by atoms with Gasteiger partial charge in [-0.2, -0.15) is 26.3 Å². The van der Waals surface area contributed by atoms with Gasteiger partial charge in [0.2, 0.25) is 0 Å². The van der Waals surface area contributed by atoms with E-state index in [1.54, 1.807) is 56.3 Å². The van der Waals surface area contributed by atoms with Crippen LogP contribution >= 0.6 is 0 Å². The molecule has 3 aromatic rings. The Morgan fingerprint density at radius 3 is 1.44 bits per heavy atom. The SMILES string of the molecule is CC(C)(c1ccc(O)cc1)c1cccc(C(C)(C)c2ccc(O)c(C(O)(C(F)(F)F)C(F)(F)F)c2)c1. The van der Waals surface area contributed by atoms with Gasteiger partial charge in [0.05, 0.1) is 0 Å². The second-order valence-electron chi connectivity index (χ2n) is 9.82. The number of aliphatic hydroxyl groups is 1. The Balaban J connectivity index is 2.14. The van der Waals surface area contributed by atoms with Gasteiger partial charge in [-0.15, -0.1) is 0 Å². The van der Waals surface area contributed by atoms with Crippen LogP contribution < -0.4 is 0 Å². The Morgan fingerprint density at radius 2 is 0.972 bits per heavy atom. The van der Waals surface area contributed by atoms with E-state index in [2.05, 4.69) is 0 Å². The number of phenolic OH excluding ortho intramolecular Hbond substituents is 2. The number of aromatic hydroxyl groups is 2. The molecule has 0 amide bonds. The first-order valence-corrected chi connectivity index (χ1v) is 10.9. The summed E-state index contributed by atoms with van der Waals surface area (Å²) in [4.78, 5) is 0. The molecular weight excluding hydrogens is 486 g/mol. The Hall–Kier alpha value is -3.20. The second kappa shape index (κ2) is 8.73. The van der Waals surface area contributed by atoms with Crippen molar-refractivity contribution in [2.24, 2.45) is 0 Å². The average molecular weight is 512 g/mol. The van der Waals surface area contributed by atoms with E-state index in [0.717, 1.165) is 17.2 Å². The average Bonchev–Trinajstić information content (AvgIpc) is 2.77. The van der Waals surface area contributed by atoms with Crippen molar-refractivity contribution < 1.29 is 41.7 Å². The van der Waals surface area contributed by atoms with Crippen LogP contribution in [0, 0.1) is 0 Å². The monoisotopic (exact) mass is 512 g/mol. The Bertz CT molecular complexity index is 1230. The predicted molar refractivity (Wildman–Crippen MR) is 123 cm³/mol. The normalized spacial score (nSPS) is 13.6. The van der Waals surface area contributed by atoms with E-state index < -0.39 is 40.1 Å². The zero-order chi connectivity index (χ0) is 27.3. The maximum absolute atomic E-state index is 13.5. The van der Waals surface area contributed by atoms with Crippen LogP contribution in [0.15, 0.2) is 66.7 Å². The first-order chi connectivity index (χ1) is 16.3. The van der Waals surface area contributed by atoms with E-state index in [1.165, 1.54) is 6.07 Å². The topological polar surface area (TPSA) is 60.7 Å². The number of phenols is 2. The van der Waals surface area contributed by atoms with Gasteiger partial charge in [-0.3, -0.25) is 0 Å². The van der Waals surface area contributed by atoms with Crippen molar-refractivity contribution in [3.63, 3.8) is 0 Å². The predicted octanol–water partition coefficient (Wildman–Crippen LogP) is 7.06. The summed E-state index contributed by atoms with van der Waals surface area (Å²) in [5.74, 6) is -1.22. The van der Waals surface area contributed by atoms with E-state index in [1.807, 2.05) is 19.9 Å². The van der Waals surface area contributed by atoms with E-state index in [9.17, 15) is 41.7 Å². The van der Waals surface area contributed by atoms with Crippen molar-refractivity contribution in [1.29, 1.82) is 0 Å². The maximum atomic E-state index is 13.5. The first kappa shape index (κ1) is 27.4. The smallest absolute Gasteiger partial charge is 0.430 e. The molecule has 0 radical (unpaired) electrons. The lowest BCUT2D eigenvalue weighted by atomic mass is 9.72. The summed E-state index contributed by atoms with van der Waals surface area (Å²) in [6.07, 6.45) is -12.3. The third-order valence-corrected chi connectivity index (χ3v) is 6.82. The van der Waals surface area contributed by atoms with Crippen LogP contribution in [0.4, 0.5) is 26.3 Å². The summed E-state index contributed by atoms with van der Waals surface area (Å²) in [6.45, 7) is 7.12. The number of alkyl halides is 6. The van der Waals surface area contributed by atoms with Gasteiger partial charge in [0.1, 0.15) is 11.5 Å². The molecule has 0 spiro atoms. The molecule has 3 rings (SSSR count). The number of hydrogen-bond donors (Lipinski definition) is 3. The second-order valence-corrected chi connectivity index (χ2v) is 9.82. The number of benzene rings is 3. The van der Waals surface area contributed by atoms with E-state index in [0.29, 0.717) is 11.6 Å². The molecule has 0 aromatic heterocycles. The molecule has 0 heterocycles. The molecule has 9 heteroatoms. The number of hydrogen-bond acceptors (Lipinski definition) is 3. The van der Waals surface area contributed by atoms with Crippen LogP contribution in [0.2, 0.25) is 0 Å². The number of rotatable bonds is 5. The molecule has 194 valence electrons. The zero-order valence-electron chi connectivity index (χ0n) is 20.0. The van der Waals surface area contributed by atoms with Gasteiger partial charge in [-0.25, -0.2) is 0 Å². The van der Waals surface area contributed by atoms with Crippen LogP contribution in [-0.4, -0.2) is 27.7 Å². The largest absolute Gasteiger partial charge is 0.508 e. The van der Waals surface area contributed by atoms with Crippen LogP contribution in [0.3, 0.4) is 0 Å². The fourth-order valence-electron chi connectivity index (χ4n) is 4.19. The van der Waals surface area contributed by atoms with E-state index in [4.69, 9.17) is 0 Å². The van der Waals surface area contributed by atoms with E-state index >= 15 is 0 Å². The minimum absolute atomic E-state index is 0.0295. The lowest BCUT2D eigenvalue weighted by Gasteiger charge is -2.35. The molecular formula is C27H26F6O3. The minimum atomic E-state index is -6.13. The molecule has 0 aliphatic rings. The Labute approximate surface area is 204 Å². The molecule has 36 heavy (non-hydrogen) atoms. The fourth-order valence-corrected chi connectivity index (χ4v) is 4.19. The highest BCUT2D eigenvalue weighted by Crippen LogP contribution is 2.53. The molecule has 0 atom stereocenters. The van der Waals surface area contributed by atoms with Crippen LogP contribution in [0.1, 0.15) is 55.5 Å². The standard InChI is InChI=1S/C27H26F6O3/c1-23(2,16-8-11-20(34)12-9-16)17-6-5-7-18(14-17)24(3,4)19-10-13-22(35)21(15-19)25(36,26(28,29)30)27(31,32)33/h5-15,34-36H,1-4H3. The van der Waals surface area contributed by atoms with Gasteiger partial charge < -0.3 is 15.3 Å². The first-order valence-electron chi connectivity index (χ1n) is 10.9. The molecule has 0 aliphatic heterocycles. The van der Waals surface area contributed by atoms with Gasteiger partial charge in [0, 0.05) is 16.4 Å². The van der Waals surface area contributed by atoms with Crippen LogP contribution in [0.5, 0.6) is 11.5 Å². The Kier molecular flexibility index (Phi) is 6.64. The third-order valence-electron chi connectivity index (χ3n) is 6.82. The Morgan fingerprint density at radius 1 is 0.556 bits per heavy atom. The van der Waals surface area contributed by atoms with Gasteiger partial charge in [-0.1, -0.05) is 70.2 Å². The van der Waals surface area contributed by atoms with Crippen molar-refractivity contribution in [1.82, 2.24) is 0 Å². The zero-order valence-corrected chi connectivity index (χ0v) is 20.0. The summed E-state index contributed by atoms with van der Waals surface area (Å²) >= 11 is 0. The summed E-state index contributed by atoms with van der Waals surface area (Å²) in [5.41, 5.74) is -6.28. The lowest BCUT2D eigenvalue weighted by Crippen LogP contribution is -2.54. The molecule has 0 aliphatic carbocycles. The summed E-state index contributed by atoms with van der Waals surface area (Å²) in [5, 5.41) is 29.4. The van der Waals surface area contributed by atoms with Gasteiger partial charge >= 0.3 is 12.4 Å². The molecule has 3 N–H and O–H groups in total. The highest BCUT2D eigenvalue weighted by molar-refractivity contribution is 5.49. The summed E-state index contributed by atoms with van der Waals surface area (Å²) in [7, 11) is 0.